The zero-order chi connectivity index (χ0) is 9.73. The van der Waals surface area contributed by atoms with Crippen molar-refractivity contribution in [2.45, 2.75) is 51.6 Å². The van der Waals surface area contributed by atoms with E-state index < -0.39 is 0 Å². The fourth-order valence-corrected chi connectivity index (χ4v) is 2.58. The number of alkyl halides is 1. The van der Waals surface area contributed by atoms with Crippen LogP contribution in [0.1, 0.15) is 46.0 Å². The van der Waals surface area contributed by atoms with E-state index in [1.165, 1.54) is 32.1 Å². The molecular weight excluding hydrogens is 228 g/mol. The van der Waals surface area contributed by atoms with Gasteiger partial charge in [-0.3, -0.25) is 0 Å². The number of ether oxygens (including phenoxy) is 1. The molecule has 0 radical (unpaired) electrons. The second-order valence-corrected chi connectivity index (χ2v) is 5.14. The molecule has 1 aliphatic carbocycles. The Morgan fingerprint density at radius 2 is 1.85 bits per heavy atom. The molecule has 0 N–H and O–H groups in total. The molecule has 0 aliphatic heterocycles. The molecule has 1 fully saturated rings. The van der Waals surface area contributed by atoms with Gasteiger partial charge in [-0.25, -0.2) is 0 Å². The van der Waals surface area contributed by atoms with E-state index >= 15 is 0 Å². The van der Waals surface area contributed by atoms with Crippen LogP contribution in [0.4, 0.5) is 0 Å². The van der Waals surface area contributed by atoms with Crippen molar-refractivity contribution in [3.8, 4) is 0 Å². The van der Waals surface area contributed by atoms with E-state index in [1.807, 2.05) is 0 Å². The summed E-state index contributed by atoms with van der Waals surface area (Å²) >= 11 is 3.59. The van der Waals surface area contributed by atoms with Gasteiger partial charge in [0.2, 0.25) is 0 Å². The first kappa shape index (κ1) is 11.5. The normalized spacial score (nSPS) is 22.2. The predicted molar refractivity (Wildman–Crippen MR) is 60.4 cm³/mol. The lowest BCUT2D eigenvalue weighted by Crippen LogP contribution is -2.37. The second-order valence-electron chi connectivity index (χ2n) is 4.58. The van der Waals surface area contributed by atoms with Crippen LogP contribution in [0, 0.1) is 5.92 Å². The predicted octanol–water partition coefficient (Wildman–Crippen LogP) is 3.76. The summed E-state index contributed by atoms with van der Waals surface area (Å²) in [5, 5.41) is 1.01. The standard InChI is InChI=1S/C11H21BrO/c1-10(2)8-13-11(9-12)6-4-3-5-7-11/h10H,3-9H2,1-2H3. The Kier molecular flexibility index (Phi) is 4.74. The first-order valence-electron chi connectivity index (χ1n) is 5.38. The number of halogens is 1. The van der Waals surface area contributed by atoms with E-state index in [-0.39, 0.29) is 5.60 Å². The molecule has 0 atom stereocenters. The van der Waals surface area contributed by atoms with Gasteiger partial charge in [0.1, 0.15) is 0 Å². The third-order valence-corrected chi connectivity index (χ3v) is 3.75. The molecule has 0 aromatic rings. The Morgan fingerprint density at radius 3 is 2.31 bits per heavy atom. The molecule has 1 aliphatic rings. The third kappa shape index (κ3) is 3.59. The van der Waals surface area contributed by atoms with Gasteiger partial charge in [0, 0.05) is 11.9 Å². The molecule has 13 heavy (non-hydrogen) atoms. The zero-order valence-corrected chi connectivity index (χ0v) is 10.4. The summed E-state index contributed by atoms with van der Waals surface area (Å²) < 4.78 is 6.03. The van der Waals surface area contributed by atoms with E-state index in [0.717, 1.165) is 11.9 Å². The van der Waals surface area contributed by atoms with Crippen LogP contribution in [0.3, 0.4) is 0 Å². The van der Waals surface area contributed by atoms with Crippen molar-refractivity contribution in [1.29, 1.82) is 0 Å². The quantitative estimate of drug-likeness (QED) is 0.689. The average molecular weight is 249 g/mol. The van der Waals surface area contributed by atoms with E-state index in [0.29, 0.717) is 5.92 Å². The van der Waals surface area contributed by atoms with E-state index in [1.54, 1.807) is 0 Å². The Hall–Kier alpha value is 0.440. The van der Waals surface area contributed by atoms with Crippen LogP contribution in [0.5, 0.6) is 0 Å². The highest BCUT2D eigenvalue weighted by molar-refractivity contribution is 9.09. The molecule has 1 rings (SSSR count). The van der Waals surface area contributed by atoms with E-state index in [2.05, 4.69) is 29.8 Å². The van der Waals surface area contributed by atoms with Gasteiger partial charge in [0.05, 0.1) is 5.60 Å². The first-order chi connectivity index (χ1) is 6.18. The Balaban J connectivity index is 2.38. The molecule has 0 aromatic heterocycles. The van der Waals surface area contributed by atoms with Gasteiger partial charge in [-0.2, -0.15) is 0 Å². The molecule has 1 saturated carbocycles. The van der Waals surface area contributed by atoms with Crippen LogP contribution in [-0.2, 0) is 4.74 Å². The maximum atomic E-state index is 6.03. The molecule has 0 saturated heterocycles. The summed E-state index contributed by atoms with van der Waals surface area (Å²) in [5.74, 6) is 0.651. The van der Waals surface area contributed by atoms with Crippen LogP contribution >= 0.6 is 15.9 Å². The van der Waals surface area contributed by atoms with E-state index in [4.69, 9.17) is 4.74 Å². The van der Waals surface area contributed by atoms with Crippen molar-refractivity contribution >= 4 is 15.9 Å². The highest BCUT2D eigenvalue weighted by Gasteiger charge is 2.31. The zero-order valence-electron chi connectivity index (χ0n) is 8.81. The van der Waals surface area contributed by atoms with Crippen molar-refractivity contribution in [3.63, 3.8) is 0 Å². The van der Waals surface area contributed by atoms with E-state index in [9.17, 15) is 0 Å². The van der Waals surface area contributed by atoms with Crippen molar-refractivity contribution in [1.82, 2.24) is 0 Å². The van der Waals surface area contributed by atoms with Crippen LogP contribution < -0.4 is 0 Å². The van der Waals surface area contributed by atoms with Gasteiger partial charge in [0.25, 0.3) is 0 Å². The lowest BCUT2D eigenvalue weighted by Gasteiger charge is -2.36. The molecule has 0 unspecified atom stereocenters. The highest BCUT2D eigenvalue weighted by Crippen LogP contribution is 2.33. The maximum Gasteiger partial charge on any atom is 0.0779 e. The van der Waals surface area contributed by atoms with Gasteiger partial charge < -0.3 is 4.74 Å². The number of hydrogen-bond acceptors (Lipinski definition) is 1. The molecular formula is C11H21BrO. The Labute approximate surface area is 90.4 Å². The summed E-state index contributed by atoms with van der Waals surface area (Å²) in [5.41, 5.74) is 0.169. The first-order valence-corrected chi connectivity index (χ1v) is 6.51. The molecule has 78 valence electrons. The van der Waals surface area contributed by atoms with Gasteiger partial charge in [-0.1, -0.05) is 49.0 Å². The topological polar surface area (TPSA) is 9.23 Å². The largest absolute Gasteiger partial charge is 0.374 e. The fraction of sp³-hybridized carbons (Fsp3) is 1.00. The minimum Gasteiger partial charge on any atom is -0.374 e. The van der Waals surface area contributed by atoms with Crippen molar-refractivity contribution < 1.29 is 4.74 Å². The molecule has 0 bridgehead atoms. The van der Waals surface area contributed by atoms with Crippen LogP contribution in [0.2, 0.25) is 0 Å². The van der Waals surface area contributed by atoms with Crippen LogP contribution in [0.25, 0.3) is 0 Å². The smallest absolute Gasteiger partial charge is 0.0779 e. The monoisotopic (exact) mass is 248 g/mol. The summed E-state index contributed by atoms with van der Waals surface area (Å²) in [7, 11) is 0. The van der Waals surface area contributed by atoms with Crippen molar-refractivity contribution in [2.75, 3.05) is 11.9 Å². The Morgan fingerprint density at radius 1 is 1.23 bits per heavy atom. The SMILES string of the molecule is CC(C)COC1(CBr)CCCCC1. The summed E-state index contributed by atoms with van der Waals surface area (Å²) in [6, 6.07) is 0. The van der Waals surface area contributed by atoms with Gasteiger partial charge >= 0.3 is 0 Å². The van der Waals surface area contributed by atoms with Gasteiger partial charge in [-0.05, 0) is 18.8 Å². The van der Waals surface area contributed by atoms with Gasteiger partial charge in [0.15, 0.2) is 0 Å². The molecule has 0 aromatic carbocycles. The lowest BCUT2D eigenvalue weighted by atomic mass is 9.86. The second kappa shape index (κ2) is 5.35. The van der Waals surface area contributed by atoms with Crippen LogP contribution in [0.15, 0.2) is 0 Å². The van der Waals surface area contributed by atoms with Gasteiger partial charge in [-0.15, -0.1) is 0 Å². The fourth-order valence-electron chi connectivity index (χ4n) is 1.86. The van der Waals surface area contributed by atoms with Crippen molar-refractivity contribution in [3.05, 3.63) is 0 Å². The minimum atomic E-state index is 0.169. The third-order valence-electron chi connectivity index (χ3n) is 2.73. The molecule has 0 heterocycles. The summed E-state index contributed by atoms with van der Waals surface area (Å²) in [6.45, 7) is 5.33. The molecule has 0 amide bonds. The Bertz CT molecular complexity index is 139. The number of hydrogen-bond donors (Lipinski definition) is 0. The number of rotatable bonds is 4. The van der Waals surface area contributed by atoms with Crippen molar-refractivity contribution in [2.24, 2.45) is 5.92 Å². The summed E-state index contributed by atoms with van der Waals surface area (Å²) in [4.78, 5) is 0. The molecule has 2 heteroatoms. The van der Waals surface area contributed by atoms with Crippen LogP contribution in [-0.4, -0.2) is 17.5 Å². The summed E-state index contributed by atoms with van der Waals surface area (Å²) in [6.07, 6.45) is 6.54. The highest BCUT2D eigenvalue weighted by atomic mass is 79.9. The average Bonchev–Trinajstić information content (AvgIpc) is 2.16. The maximum absolute atomic E-state index is 6.03. The molecule has 1 nitrogen and oxygen atoms in total. The molecule has 0 spiro atoms. The lowest BCUT2D eigenvalue weighted by molar-refractivity contribution is -0.0620. The minimum absolute atomic E-state index is 0.169.